The minimum atomic E-state index is -0.268. The second-order valence-electron chi connectivity index (χ2n) is 4.64. The molecule has 2 N–H and O–H groups in total. The summed E-state index contributed by atoms with van der Waals surface area (Å²) in [6.07, 6.45) is 0. The maximum Gasteiger partial charge on any atom is 0.236 e. The number of carbonyl (C=O) groups excluding carboxylic acids is 1. The molecule has 0 aliphatic heterocycles. The summed E-state index contributed by atoms with van der Waals surface area (Å²) in [5, 5.41) is 10.4. The van der Waals surface area contributed by atoms with E-state index < -0.39 is 0 Å². The van der Waals surface area contributed by atoms with Gasteiger partial charge in [0.15, 0.2) is 0 Å². The van der Waals surface area contributed by atoms with Gasteiger partial charge in [-0.3, -0.25) is 10.1 Å². The summed E-state index contributed by atoms with van der Waals surface area (Å²) in [7, 11) is 1.62. The van der Waals surface area contributed by atoms with Gasteiger partial charge in [0.05, 0.1) is 18.7 Å². The Morgan fingerprint density at radius 2 is 1.86 bits per heavy atom. The van der Waals surface area contributed by atoms with Crippen molar-refractivity contribution < 1.29 is 9.53 Å². The van der Waals surface area contributed by atoms with Crippen LogP contribution in [0.5, 0.6) is 0 Å². The lowest BCUT2D eigenvalue weighted by Gasteiger charge is -2.21. The van der Waals surface area contributed by atoms with E-state index in [0.717, 1.165) is 0 Å². The van der Waals surface area contributed by atoms with Gasteiger partial charge in [0.1, 0.15) is 0 Å². The highest BCUT2D eigenvalue weighted by atomic mass is 32.1. The highest BCUT2D eigenvalue weighted by Crippen LogP contribution is 2.29. The van der Waals surface area contributed by atoms with Gasteiger partial charge in [-0.05, 0) is 29.8 Å². The predicted octanol–water partition coefficient (Wildman–Crippen LogP) is 2.64. The van der Waals surface area contributed by atoms with E-state index in [-0.39, 0.29) is 18.0 Å². The number of hydrogen-bond acceptors (Lipinski definition) is 5. The quantitative estimate of drug-likeness (QED) is 0.734. The first-order valence-electron chi connectivity index (χ1n) is 6.82. The van der Waals surface area contributed by atoms with Gasteiger partial charge in [-0.1, -0.05) is 12.1 Å². The average molecular weight is 324 g/mol. The van der Waals surface area contributed by atoms with Crippen molar-refractivity contribution >= 4 is 28.6 Å². The molecule has 0 aliphatic carbocycles. The SMILES string of the molecule is COCCNC(=O)C(C)NC(c1cccs1)c1cccs1. The molecule has 0 bridgehead atoms. The Balaban J connectivity index is 2.01. The molecule has 2 rings (SSSR count). The third-order valence-corrected chi connectivity index (χ3v) is 4.95. The molecule has 1 atom stereocenters. The number of ether oxygens (including phenoxy) is 1. The molecular weight excluding hydrogens is 304 g/mol. The summed E-state index contributed by atoms with van der Waals surface area (Å²) in [4.78, 5) is 14.5. The minimum absolute atomic E-state index is 0.00911. The molecule has 0 fully saturated rings. The van der Waals surface area contributed by atoms with E-state index in [4.69, 9.17) is 4.74 Å². The van der Waals surface area contributed by atoms with Crippen molar-refractivity contribution in [2.45, 2.75) is 19.0 Å². The number of amides is 1. The zero-order valence-electron chi connectivity index (χ0n) is 12.2. The van der Waals surface area contributed by atoms with Gasteiger partial charge in [-0.15, -0.1) is 22.7 Å². The van der Waals surface area contributed by atoms with Crippen molar-refractivity contribution in [1.82, 2.24) is 10.6 Å². The van der Waals surface area contributed by atoms with Crippen LogP contribution in [0, 0.1) is 0 Å². The lowest BCUT2D eigenvalue weighted by Crippen LogP contribution is -2.44. The molecule has 0 saturated carbocycles. The lowest BCUT2D eigenvalue weighted by molar-refractivity contribution is -0.123. The minimum Gasteiger partial charge on any atom is -0.383 e. The van der Waals surface area contributed by atoms with Gasteiger partial charge >= 0.3 is 0 Å². The molecule has 0 radical (unpaired) electrons. The maximum atomic E-state index is 12.1. The fourth-order valence-electron chi connectivity index (χ4n) is 1.97. The monoisotopic (exact) mass is 324 g/mol. The van der Waals surface area contributed by atoms with E-state index in [1.165, 1.54) is 9.75 Å². The summed E-state index contributed by atoms with van der Waals surface area (Å²) < 4.78 is 4.94. The Labute approximate surface area is 133 Å². The Morgan fingerprint density at radius 3 is 2.33 bits per heavy atom. The summed E-state index contributed by atoms with van der Waals surface area (Å²) in [6, 6.07) is 8.05. The Bertz CT molecular complexity index is 492. The van der Waals surface area contributed by atoms with Crippen LogP contribution >= 0.6 is 22.7 Å². The van der Waals surface area contributed by atoms with Crippen LogP contribution in [0.1, 0.15) is 22.7 Å². The topological polar surface area (TPSA) is 50.4 Å². The van der Waals surface area contributed by atoms with Gasteiger partial charge in [-0.2, -0.15) is 0 Å². The largest absolute Gasteiger partial charge is 0.383 e. The van der Waals surface area contributed by atoms with E-state index in [1.807, 2.05) is 19.1 Å². The third-order valence-electron chi connectivity index (χ3n) is 3.07. The van der Waals surface area contributed by atoms with Crippen LogP contribution in [-0.4, -0.2) is 32.2 Å². The first-order chi connectivity index (χ1) is 10.2. The van der Waals surface area contributed by atoms with Crippen molar-refractivity contribution in [3.05, 3.63) is 44.8 Å². The molecule has 1 amide bonds. The third kappa shape index (κ3) is 4.64. The molecule has 2 aromatic heterocycles. The van der Waals surface area contributed by atoms with Crippen LogP contribution in [0.15, 0.2) is 35.0 Å². The number of hydrogen-bond donors (Lipinski definition) is 2. The molecular formula is C15H20N2O2S2. The number of rotatable bonds is 8. The van der Waals surface area contributed by atoms with Gasteiger partial charge in [-0.25, -0.2) is 0 Å². The smallest absolute Gasteiger partial charge is 0.236 e. The normalized spacial score (nSPS) is 12.5. The lowest BCUT2D eigenvalue weighted by atomic mass is 10.1. The van der Waals surface area contributed by atoms with Gasteiger partial charge in [0.2, 0.25) is 5.91 Å². The van der Waals surface area contributed by atoms with Crippen LogP contribution in [0.2, 0.25) is 0 Å². The number of methoxy groups -OCH3 is 1. The van der Waals surface area contributed by atoms with Crippen molar-refractivity contribution in [3.8, 4) is 0 Å². The highest BCUT2D eigenvalue weighted by molar-refractivity contribution is 7.11. The van der Waals surface area contributed by atoms with Crippen molar-refractivity contribution in [1.29, 1.82) is 0 Å². The van der Waals surface area contributed by atoms with Crippen LogP contribution in [-0.2, 0) is 9.53 Å². The number of carbonyl (C=O) groups is 1. The molecule has 0 saturated heterocycles. The molecule has 6 heteroatoms. The van der Waals surface area contributed by atoms with E-state index in [1.54, 1.807) is 29.8 Å². The fraction of sp³-hybridized carbons (Fsp3) is 0.400. The van der Waals surface area contributed by atoms with E-state index in [0.29, 0.717) is 13.2 Å². The Kier molecular flexibility index (Phi) is 6.38. The molecule has 21 heavy (non-hydrogen) atoms. The zero-order chi connectivity index (χ0) is 15.1. The van der Waals surface area contributed by atoms with Crippen molar-refractivity contribution in [2.75, 3.05) is 20.3 Å². The first kappa shape index (κ1) is 16.2. The zero-order valence-corrected chi connectivity index (χ0v) is 13.8. The molecule has 2 heterocycles. The van der Waals surface area contributed by atoms with Crippen LogP contribution < -0.4 is 10.6 Å². The van der Waals surface area contributed by atoms with E-state index in [2.05, 4.69) is 33.5 Å². The molecule has 2 aromatic rings. The summed E-state index contributed by atoms with van der Waals surface area (Å²) in [5.41, 5.74) is 0. The van der Waals surface area contributed by atoms with Crippen molar-refractivity contribution in [2.24, 2.45) is 0 Å². The summed E-state index contributed by atoms with van der Waals surface area (Å²) >= 11 is 3.39. The van der Waals surface area contributed by atoms with Crippen LogP contribution in [0.3, 0.4) is 0 Å². The summed E-state index contributed by atoms with van der Waals surface area (Å²) in [6.45, 7) is 2.94. The maximum absolute atomic E-state index is 12.1. The molecule has 0 spiro atoms. The van der Waals surface area contributed by atoms with Crippen LogP contribution in [0.25, 0.3) is 0 Å². The predicted molar refractivity (Wildman–Crippen MR) is 88.0 cm³/mol. The fourth-order valence-corrected chi connectivity index (χ4v) is 3.65. The van der Waals surface area contributed by atoms with E-state index >= 15 is 0 Å². The highest BCUT2D eigenvalue weighted by Gasteiger charge is 2.21. The first-order valence-corrected chi connectivity index (χ1v) is 8.57. The van der Waals surface area contributed by atoms with Gasteiger partial charge in [0.25, 0.3) is 0 Å². The van der Waals surface area contributed by atoms with Gasteiger partial charge < -0.3 is 10.1 Å². The average Bonchev–Trinajstić information content (AvgIpc) is 3.17. The number of thiophene rings is 2. The van der Waals surface area contributed by atoms with E-state index in [9.17, 15) is 4.79 Å². The van der Waals surface area contributed by atoms with Crippen LogP contribution in [0.4, 0.5) is 0 Å². The second-order valence-corrected chi connectivity index (χ2v) is 6.59. The standard InChI is InChI=1S/C15H20N2O2S2/c1-11(15(18)16-7-8-19-2)17-14(12-5-3-9-20-12)13-6-4-10-21-13/h3-6,9-11,14,17H,7-8H2,1-2H3,(H,16,18). The number of nitrogens with one attached hydrogen (secondary N) is 2. The molecule has 0 aliphatic rings. The Hall–Kier alpha value is -1.21. The molecule has 4 nitrogen and oxygen atoms in total. The van der Waals surface area contributed by atoms with Crippen molar-refractivity contribution in [3.63, 3.8) is 0 Å². The summed E-state index contributed by atoms with van der Waals surface area (Å²) in [5.74, 6) is -0.00911. The molecule has 0 aromatic carbocycles. The molecule has 1 unspecified atom stereocenters. The van der Waals surface area contributed by atoms with Gasteiger partial charge in [0, 0.05) is 23.4 Å². The molecule has 114 valence electrons. The Morgan fingerprint density at radius 1 is 1.24 bits per heavy atom. The second kappa shape index (κ2) is 8.29.